The van der Waals surface area contributed by atoms with Crippen LogP contribution in [0.2, 0.25) is 10.0 Å². The van der Waals surface area contributed by atoms with E-state index in [2.05, 4.69) is 10.4 Å². The van der Waals surface area contributed by atoms with E-state index < -0.39 is 17.9 Å². The summed E-state index contributed by atoms with van der Waals surface area (Å²) in [5.41, 5.74) is 1.29. The molecular formula is C19H21Cl2N3O3. The van der Waals surface area contributed by atoms with Crippen molar-refractivity contribution in [2.24, 2.45) is 12.5 Å². The molecule has 1 unspecified atom stereocenters. The number of aliphatic carboxylic acids is 1. The van der Waals surface area contributed by atoms with E-state index in [4.69, 9.17) is 23.2 Å². The van der Waals surface area contributed by atoms with Gasteiger partial charge in [-0.3, -0.25) is 9.48 Å². The van der Waals surface area contributed by atoms with Crippen molar-refractivity contribution in [3.05, 3.63) is 52.2 Å². The van der Waals surface area contributed by atoms with Gasteiger partial charge < -0.3 is 10.4 Å². The number of carbonyl (C=O) groups excluding carboxylic acids is 1. The molecule has 0 saturated heterocycles. The third-order valence-electron chi connectivity index (χ3n) is 3.67. The van der Waals surface area contributed by atoms with E-state index in [1.807, 2.05) is 20.8 Å². The number of allylic oxidation sites excluding steroid dienone is 1. The number of hydrogen-bond acceptors (Lipinski definition) is 3. The van der Waals surface area contributed by atoms with Crippen LogP contribution in [0.15, 0.2) is 36.4 Å². The van der Waals surface area contributed by atoms with Crippen molar-refractivity contribution in [1.82, 2.24) is 15.1 Å². The van der Waals surface area contributed by atoms with Crippen LogP contribution in [0, 0.1) is 5.41 Å². The predicted octanol–water partition coefficient (Wildman–Crippen LogP) is 4.18. The number of aromatic nitrogens is 2. The highest BCUT2D eigenvalue weighted by molar-refractivity contribution is 6.42. The van der Waals surface area contributed by atoms with Gasteiger partial charge in [0, 0.05) is 12.6 Å². The van der Waals surface area contributed by atoms with Gasteiger partial charge in [-0.05, 0) is 23.6 Å². The van der Waals surface area contributed by atoms with Gasteiger partial charge in [-0.15, -0.1) is 0 Å². The molecule has 144 valence electrons. The van der Waals surface area contributed by atoms with E-state index in [9.17, 15) is 14.7 Å². The first-order valence-electron chi connectivity index (χ1n) is 8.20. The zero-order chi connectivity index (χ0) is 20.4. The zero-order valence-corrected chi connectivity index (χ0v) is 17.0. The molecule has 1 heterocycles. The van der Waals surface area contributed by atoms with Crippen LogP contribution in [0.4, 0.5) is 0 Å². The molecule has 1 amide bonds. The number of aryl methyl sites for hydroxylation is 1. The number of hydrogen-bond donors (Lipinski definition) is 2. The fourth-order valence-corrected chi connectivity index (χ4v) is 2.59. The van der Waals surface area contributed by atoms with Crippen molar-refractivity contribution in [3.8, 4) is 11.3 Å². The first-order chi connectivity index (χ1) is 12.5. The Morgan fingerprint density at radius 3 is 2.44 bits per heavy atom. The van der Waals surface area contributed by atoms with Crippen LogP contribution in [-0.2, 0) is 11.8 Å². The highest BCUT2D eigenvalue weighted by atomic mass is 35.5. The van der Waals surface area contributed by atoms with Crippen LogP contribution in [0.25, 0.3) is 11.3 Å². The lowest BCUT2D eigenvalue weighted by molar-refractivity contribution is -0.137. The van der Waals surface area contributed by atoms with Crippen LogP contribution in [-0.4, -0.2) is 32.8 Å². The number of carboxylic acid groups (broad SMARTS) is 1. The van der Waals surface area contributed by atoms with Gasteiger partial charge in [-0.1, -0.05) is 62.2 Å². The summed E-state index contributed by atoms with van der Waals surface area (Å²) < 4.78 is 1.52. The van der Waals surface area contributed by atoms with Gasteiger partial charge in [0.1, 0.15) is 6.04 Å². The van der Waals surface area contributed by atoms with Gasteiger partial charge in [0.15, 0.2) is 5.69 Å². The third kappa shape index (κ3) is 5.58. The normalized spacial score (nSPS) is 13.0. The molecule has 8 heteroatoms. The highest BCUT2D eigenvalue weighted by Gasteiger charge is 2.21. The molecular weight excluding hydrogens is 389 g/mol. The molecule has 27 heavy (non-hydrogen) atoms. The van der Waals surface area contributed by atoms with Crippen LogP contribution < -0.4 is 5.32 Å². The number of rotatable bonds is 5. The van der Waals surface area contributed by atoms with Crippen LogP contribution in [0.1, 0.15) is 31.3 Å². The van der Waals surface area contributed by atoms with E-state index in [0.29, 0.717) is 15.7 Å². The van der Waals surface area contributed by atoms with E-state index in [-0.39, 0.29) is 11.1 Å². The number of benzene rings is 1. The van der Waals surface area contributed by atoms with Gasteiger partial charge in [-0.25, -0.2) is 4.79 Å². The number of amides is 1. The molecule has 1 atom stereocenters. The topological polar surface area (TPSA) is 84.2 Å². The van der Waals surface area contributed by atoms with Gasteiger partial charge in [0.2, 0.25) is 0 Å². The van der Waals surface area contributed by atoms with Crippen molar-refractivity contribution >= 4 is 35.1 Å². The summed E-state index contributed by atoms with van der Waals surface area (Å²) in [6.45, 7) is 5.81. The fourth-order valence-electron chi connectivity index (χ4n) is 2.30. The van der Waals surface area contributed by atoms with Gasteiger partial charge >= 0.3 is 5.97 Å². The Balaban J connectivity index is 2.25. The van der Waals surface area contributed by atoms with E-state index in [0.717, 1.165) is 5.56 Å². The summed E-state index contributed by atoms with van der Waals surface area (Å²) in [4.78, 5) is 23.9. The average molecular weight is 410 g/mol. The van der Waals surface area contributed by atoms with Crippen LogP contribution >= 0.6 is 23.2 Å². The molecule has 0 radical (unpaired) electrons. The third-order valence-corrected chi connectivity index (χ3v) is 4.41. The maximum atomic E-state index is 12.5. The number of nitrogens with one attached hydrogen (secondary N) is 1. The Bertz CT molecular complexity index is 898. The predicted molar refractivity (Wildman–Crippen MR) is 106 cm³/mol. The molecule has 0 fully saturated rings. The molecule has 0 saturated carbocycles. The highest BCUT2D eigenvalue weighted by Crippen LogP contribution is 2.28. The Morgan fingerprint density at radius 2 is 1.89 bits per heavy atom. The minimum Gasteiger partial charge on any atom is -0.479 e. The largest absolute Gasteiger partial charge is 0.479 e. The lowest BCUT2D eigenvalue weighted by atomic mass is 9.95. The summed E-state index contributed by atoms with van der Waals surface area (Å²) in [6, 6.07) is 5.52. The lowest BCUT2D eigenvalue weighted by Gasteiger charge is -2.14. The monoisotopic (exact) mass is 409 g/mol. The summed E-state index contributed by atoms with van der Waals surface area (Å²) in [7, 11) is 1.68. The van der Waals surface area contributed by atoms with Crippen molar-refractivity contribution in [2.45, 2.75) is 26.8 Å². The second-order valence-corrected chi connectivity index (χ2v) is 8.00. The Morgan fingerprint density at radius 1 is 1.22 bits per heavy atom. The Kier molecular flexibility index (Phi) is 6.34. The van der Waals surface area contributed by atoms with Crippen molar-refractivity contribution < 1.29 is 14.7 Å². The number of nitrogens with zero attached hydrogens (tertiary/aromatic N) is 2. The minimum atomic E-state index is -1.15. The van der Waals surface area contributed by atoms with E-state index in [1.54, 1.807) is 37.4 Å². The number of carbonyl (C=O) groups is 2. The Hall–Kier alpha value is -2.31. The maximum Gasteiger partial charge on any atom is 0.330 e. The molecule has 0 aliphatic carbocycles. The Labute approximate surface area is 167 Å². The standard InChI is InChI=1S/C19H21Cl2N3O3/c1-19(2,3)8-7-14(18(26)27)22-17(25)15-10-16(24(4)23-15)11-5-6-12(20)13(21)9-11/h5-10,14H,1-4H3,(H,22,25)(H,26,27)/b8-7+. The van der Waals surface area contributed by atoms with Gasteiger partial charge in [-0.2, -0.15) is 5.10 Å². The smallest absolute Gasteiger partial charge is 0.330 e. The van der Waals surface area contributed by atoms with E-state index in [1.165, 1.54) is 10.8 Å². The van der Waals surface area contributed by atoms with Crippen molar-refractivity contribution in [3.63, 3.8) is 0 Å². The number of carboxylic acids is 1. The molecule has 2 aromatic rings. The molecule has 0 aliphatic rings. The zero-order valence-electron chi connectivity index (χ0n) is 15.5. The second-order valence-electron chi connectivity index (χ2n) is 7.18. The summed E-state index contributed by atoms with van der Waals surface area (Å²) in [5.74, 6) is -1.73. The molecule has 1 aromatic heterocycles. The average Bonchev–Trinajstić information content (AvgIpc) is 2.94. The van der Waals surface area contributed by atoms with Crippen molar-refractivity contribution in [2.75, 3.05) is 0 Å². The fraction of sp³-hybridized carbons (Fsp3) is 0.316. The number of halogens is 2. The van der Waals surface area contributed by atoms with Crippen molar-refractivity contribution in [1.29, 1.82) is 0 Å². The molecule has 0 aliphatic heterocycles. The van der Waals surface area contributed by atoms with Crippen LogP contribution in [0.5, 0.6) is 0 Å². The minimum absolute atomic E-state index is 0.106. The molecule has 2 rings (SSSR count). The molecule has 0 bridgehead atoms. The summed E-state index contributed by atoms with van der Waals surface area (Å²) in [5, 5.41) is 16.8. The van der Waals surface area contributed by atoms with Crippen LogP contribution in [0.3, 0.4) is 0 Å². The van der Waals surface area contributed by atoms with Gasteiger partial charge in [0.25, 0.3) is 5.91 Å². The summed E-state index contributed by atoms with van der Waals surface area (Å²) >= 11 is 12.0. The second kappa shape index (κ2) is 8.15. The molecule has 0 spiro atoms. The maximum absolute atomic E-state index is 12.5. The first-order valence-corrected chi connectivity index (χ1v) is 8.96. The first kappa shape index (κ1) is 21.0. The SMILES string of the molecule is Cn1nc(C(=O)NC(/C=C/C(C)(C)C)C(=O)O)cc1-c1ccc(Cl)c(Cl)c1. The molecule has 6 nitrogen and oxygen atoms in total. The molecule has 1 aromatic carbocycles. The lowest BCUT2D eigenvalue weighted by Crippen LogP contribution is -2.39. The van der Waals surface area contributed by atoms with E-state index >= 15 is 0 Å². The quantitative estimate of drug-likeness (QED) is 0.725. The molecule has 2 N–H and O–H groups in total. The summed E-state index contributed by atoms with van der Waals surface area (Å²) in [6.07, 6.45) is 3.20. The van der Waals surface area contributed by atoms with Gasteiger partial charge in [0.05, 0.1) is 15.7 Å².